The number of hydrogen-bond acceptors (Lipinski definition) is 16. The fraction of sp³-hybridized carbons (Fsp3) is 0.308. The Morgan fingerprint density at radius 1 is 1.15 bits per heavy atom. The second-order valence-corrected chi connectivity index (χ2v) is 12.1. The first-order valence-corrected chi connectivity index (χ1v) is 15.5. The highest BCUT2D eigenvalue weighted by Gasteiger charge is 2.62. The average Bonchev–Trinajstić information content (AvgIpc) is 3.84. The highest BCUT2D eigenvalue weighted by Crippen LogP contribution is 2.58. The van der Waals surface area contributed by atoms with Crippen molar-refractivity contribution in [1.82, 2.24) is 19.5 Å². The summed E-state index contributed by atoms with van der Waals surface area (Å²) in [7, 11) is -4.49. The van der Waals surface area contributed by atoms with E-state index in [9.17, 15) is 29.3 Å². The summed E-state index contributed by atoms with van der Waals surface area (Å²) >= 11 is 6.11. The number of H-pyrrole nitrogens is 1. The van der Waals surface area contributed by atoms with E-state index in [1.807, 2.05) is 4.98 Å². The van der Waals surface area contributed by atoms with Gasteiger partial charge in [0, 0.05) is 28.6 Å². The molecule has 2 unspecified atom stereocenters. The number of nitrogens with zero attached hydrogens (tertiary/aromatic N) is 6. The van der Waals surface area contributed by atoms with Crippen molar-refractivity contribution in [3.8, 4) is 0 Å². The number of phosphoric acid groups is 1. The third kappa shape index (κ3) is 6.80. The van der Waals surface area contributed by atoms with Gasteiger partial charge in [-0.05, 0) is 23.2 Å². The molecule has 2 saturated heterocycles. The van der Waals surface area contributed by atoms with Crippen molar-refractivity contribution in [2.24, 2.45) is 5.11 Å². The van der Waals surface area contributed by atoms with E-state index in [0.29, 0.717) is 10.6 Å². The lowest BCUT2D eigenvalue weighted by Crippen LogP contribution is -2.49. The Bertz CT molecular complexity index is 2010. The van der Waals surface area contributed by atoms with Crippen molar-refractivity contribution in [2.75, 3.05) is 13.2 Å². The quantitative estimate of drug-likeness (QED) is 0.0814. The van der Waals surface area contributed by atoms with Crippen LogP contribution in [0.3, 0.4) is 0 Å². The molecule has 2 aliphatic heterocycles. The number of aromatic nitrogens is 4. The number of oxazole rings is 2. The molecule has 1 aromatic carbocycles. The van der Waals surface area contributed by atoms with Gasteiger partial charge in [0.1, 0.15) is 12.5 Å². The first-order valence-electron chi connectivity index (χ1n) is 13.7. The number of esters is 2. The van der Waals surface area contributed by atoms with Gasteiger partial charge in [-0.25, -0.2) is 28.9 Å². The van der Waals surface area contributed by atoms with Crippen molar-refractivity contribution in [2.45, 2.75) is 36.7 Å². The van der Waals surface area contributed by atoms with Crippen LogP contribution < -0.4 is 11.2 Å². The Morgan fingerprint density at radius 2 is 1.88 bits per heavy atom. The normalized spacial score (nSPS) is 26.8. The van der Waals surface area contributed by atoms with Crippen LogP contribution in [0.4, 0.5) is 0 Å². The number of nitrogens with one attached hydrogen (secondary N) is 1. The fourth-order valence-corrected chi connectivity index (χ4v) is 6.45. The number of hydrogen-bond donors (Lipinski definition) is 1. The molecule has 22 heteroatoms. The Labute approximate surface area is 271 Å². The molecule has 0 saturated carbocycles. The molecule has 0 spiro atoms. The van der Waals surface area contributed by atoms with Crippen LogP contribution in [0.2, 0.25) is 5.02 Å². The monoisotopic (exact) mass is 705 g/mol. The molecule has 0 amide bonds. The van der Waals surface area contributed by atoms with Crippen LogP contribution >= 0.6 is 19.4 Å². The third-order valence-corrected chi connectivity index (χ3v) is 8.68. The van der Waals surface area contributed by atoms with Crippen LogP contribution in [0.25, 0.3) is 10.4 Å². The molecule has 1 N–H and O–H groups in total. The van der Waals surface area contributed by atoms with Gasteiger partial charge >= 0.3 is 25.5 Å². The van der Waals surface area contributed by atoms with E-state index in [1.54, 1.807) is 24.3 Å². The Kier molecular flexibility index (Phi) is 9.29. The molecular formula is C26H21ClN7O13P. The number of benzene rings is 1. The largest absolute Gasteiger partial charge is 0.475 e. The SMILES string of the molecule is [N-]=[N+]=N[C@]1(COP2(=O)OCC[C@@H](c3cccc(Cl)c3)O2)OC(n2ccc(=O)[nH]c2=O)[C@H](OC(=O)c2cocn2)[C@@H]1OC(=O)c1cocn1. The number of ether oxygens (including phenoxy) is 3. The van der Waals surface area contributed by atoms with Gasteiger partial charge in [0.2, 0.25) is 5.72 Å². The van der Waals surface area contributed by atoms with E-state index in [4.69, 9.17) is 48.2 Å². The van der Waals surface area contributed by atoms with Crippen LogP contribution in [0, 0.1) is 0 Å². The van der Waals surface area contributed by atoms with E-state index >= 15 is 0 Å². The zero-order valence-corrected chi connectivity index (χ0v) is 25.7. The summed E-state index contributed by atoms with van der Waals surface area (Å²) in [5.74, 6) is -2.35. The van der Waals surface area contributed by atoms with Gasteiger partial charge in [0.25, 0.3) is 5.56 Å². The molecule has 6 atom stereocenters. The number of halogens is 1. The summed E-state index contributed by atoms with van der Waals surface area (Å²) in [6.45, 7) is -1.12. The summed E-state index contributed by atoms with van der Waals surface area (Å²) in [6.07, 6.45) is -1.43. The molecule has 6 rings (SSSR count). The van der Waals surface area contributed by atoms with Crippen molar-refractivity contribution >= 4 is 31.4 Å². The molecule has 3 aromatic heterocycles. The smallest absolute Gasteiger partial charge is 0.451 e. The van der Waals surface area contributed by atoms with Gasteiger partial charge in [-0.2, -0.15) is 0 Å². The molecule has 20 nitrogen and oxygen atoms in total. The van der Waals surface area contributed by atoms with Crippen LogP contribution in [-0.2, 0) is 32.3 Å². The minimum absolute atomic E-state index is 0.0955. The molecule has 2 aliphatic rings. The van der Waals surface area contributed by atoms with Crippen LogP contribution in [0.15, 0.2) is 85.4 Å². The molecule has 48 heavy (non-hydrogen) atoms. The van der Waals surface area contributed by atoms with E-state index in [0.717, 1.165) is 42.1 Å². The predicted octanol–water partition coefficient (Wildman–Crippen LogP) is 3.46. The second kappa shape index (κ2) is 13.6. The van der Waals surface area contributed by atoms with Crippen molar-refractivity contribution in [1.29, 1.82) is 0 Å². The topological polar surface area (TPSA) is 262 Å². The molecular weight excluding hydrogens is 685 g/mol. The fourth-order valence-electron chi connectivity index (χ4n) is 4.84. The van der Waals surface area contributed by atoms with E-state index in [1.165, 1.54) is 0 Å². The molecule has 250 valence electrons. The lowest BCUT2D eigenvalue weighted by molar-refractivity contribution is -0.128. The van der Waals surface area contributed by atoms with E-state index in [2.05, 4.69) is 20.0 Å². The van der Waals surface area contributed by atoms with Crippen LogP contribution in [0.1, 0.15) is 45.3 Å². The summed E-state index contributed by atoms with van der Waals surface area (Å²) in [4.78, 5) is 63.3. The van der Waals surface area contributed by atoms with E-state index in [-0.39, 0.29) is 24.4 Å². The molecule has 2 fully saturated rings. The second-order valence-electron chi connectivity index (χ2n) is 9.99. The van der Waals surface area contributed by atoms with Gasteiger partial charge in [-0.1, -0.05) is 28.8 Å². The summed E-state index contributed by atoms with van der Waals surface area (Å²) in [5.41, 5.74) is 5.11. The average molecular weight is 706 g/mol. The summed E-state index contributed by atoms with van der Waals surface area (Å²) < 4.78 is 58.1. The molecule has 0 radical (unpaired) electrons. The Morgan fingerprint density at radius 3 is 2.52 bits per heavy atom. The highest BCUT2D eigenvalue weighted by molar-refractivity contribution is 7.48. The predicted molar refractivity (Wildman–Crippen MR) is 154 cm³/mol. The van der Waals surface area contributed by atoms with Crippen molar-refractivity contribution in [3.05, 3.63) is 115 Å². The third-order valence-electron chi connectivity index (χ3n) is 6.98. The number of phosphoric ester groups is 1. The van der Waals surface area contributed by atoms with E-state index < -0.39 is 67.9 Å². The first kappa shape index (κ1) is 32.9. The van der Waals surface area contributed by atoms with Gasteiger partial charge in [0.15, 0.2) is 42.6 Å². The lowest BCUT2D eigenvalue weighted by Gasteiger charge is -2.33. The summed E-state index contributed by atoms with van der Waals surface area (Å²) in [6, 6.07) is 7.53. The minimum Gasteiger partial charge on any atom is -0.451 e. The Hall–Kier alpha value is -5.07. The number of aromatic amines is 1. The van der Waals surface area contributed by atoms with Crippen molar-refractivity contribution in [3.63, 3.8) is 0 Å². The number of rotatable bonds is 10. The van der Waals surface area contributed by atoms with Gasteiger partial charge < -0.3 is 23.0 Å². The van der Waals surface area contributed by atoms with Gasteiger partial charge in [-0.15, -0.1) is 0 Å². The molecule has 0 bridgehead atoms. The Balaban J connectivity index is 1.39. The van der Waals surface area contributed by atoms with Crippen LogP contribution in [0.5, 0.6) is 0 Å². The maximum absolute atomic E-state index is 13.8. The first-order chi connectivity index (χ1) is 23.1. The van der Waals surface area contributed by atoms with Gasteiger partial charge in [-0.3, -0.25) is 27.9 Å². The molecule has 0 aliphatic carbocycles. The molecule has 5 heterocycles. The van der Waals surface area contributed by atoms with Crippen molar-refractivity contribution < 1.29 is 50.8 Å². The number of azide groups is 1. The maximum Gasteiger partial charge on any atom is 0.475 e. The van der Waals surface area contributed by atoms with Crippen LogP contribution in [-0.4, -0.2) is 62.6 Å². The zero-order valence-electron chi connectivity index (χ0n) is 24.0. The summed E-state index contributed by atoms with van der Waals surface area (Å²) in [5, 5.41) is 4.06. The standard InChI is InChI=1S/C26H21ClN7O13P/c27-15-3-1-2-14(8-15)18-5-7-42-48(39,47-18)43-11-26(32-33-28)21(45-24(37)17-10-41-13-30-17)20(44-23(36)16-9-40-12-29-16)22(46-26)34-6-4-19(35)31-25(34)38/h1-4,6,8-10,12-13,18,20-22H,5,7,11H2,(H,31,35,38)/t18-,20+,21-,22?,26+,48?/m0/s1. The van der Waals surface area contributed by atoms with Gasteiger partial charge in [0.05, 0.1) is 19.3 Å². The lowest BCUT2D eigenvalue weighted by atomic mass is 10.0. The zero-order chi connectivity index (χ0) is 33.9. The maximum atomic E-state index is 13.8. The highest BCUT2D eigenvalue weighted by atomic mass is 35.5. The molecule has 4 aromatic rings. The minimum atomic E-state index is -4.49. The number of carbonyl (C=O) groups is 2. The number of carbonyl (C=O) groups excluding carboxylic acids is 2.